The Hall–Kier alpha value is -2.83. The highest BCUT2D eigenvalue weighted by molar-refractivity contribution is 5.94. The summed E-state index contributed by atoms with van der Waals surface area (Å²) in [4.78, 5) is 33.6. The second kappa shape index (κ2) is 8.46. The molecule has 2 aliphatic rings. The summed E-state index contributed by atoms with van der Waals surface area (Å²) in [7, 11) is 0. The van der Waals surface area contributed by atoms with Crippen LogP contribution in [0.1, 0.15) is 41.6 Å². The van der Waals surface area contributed by atoms with Crippen molar-refractivity contribution in [2.75, 3.05) is 31.1 Å². The van der Waals surface area contributed by atoms with Gasteiger partial charge in [-0.05, 0) is 43.4 Å². The third kappa shape index (κ3) is 4.18. The van der Waals surface area contributed by atoms with Crippen LogP contribution >= 0.6 is 0 Å². The van der Waals surface area contributed by atoms with Crippen molar-refractivity contribution in [2.45, 2.75) is 32.2 Å². The molecule has 0 aliphatic carbocycles. The zero-order valence-electron chi connectivity index (χ0n) is 16.0. The van der Waals surface area contributed by atoms with Crippen molar-refractivity contribution < 1.29 is 14.0 Å². The van der Waals surface area contributed by atoms with E-state index in [1.54, 1.807) is 11.0 Å². The molecule has 2 aromatic heterocycles. The Morgan fingerprint density at radius 2 is 2.00 bits per heavy atom. The van der Waals surface area contributed by atoms with Crippen molar-refractivity contribution in [1.82, 2.24) is 15.2 Å². The maximum Gasteiger partial charge on any atom is 0.257 e. The fourth-order valence-electron chi connectivity index (χ4n) is 3.93. The Kier molecular flexibility index (Phi) is 5.60. The van der Waals surface area contributed by atoms with Crippen molar-refractivity contribution in [2.24, 2.45) is 5.92 Å². The number of furan rings is 1. The molecule has 2 aromatic rings. The summed E-state index contributed by atoms with van der Waals surface area (Å²) in [5, 5.41) is 3.00. The molecule has 0 bridgehead atoms. The number of anilines is 1. The van der Waals surface area contributed by atoms with E-state index in [2.05, 4.69) is 15.2 Å². The number of carbonyl (C=O) groups is 2. The normalized spacial score (nSPS) is 19.6. The van der Waals surface area contributed by atoms with E-state index >= 15 is 0 Å². The van der Waals surface area contributed by atoms with E-state index in [9.17, 15) is 9.59 Å². The molecule has 0 spiro atoms. The lowest BCUT2D eigenvalue weighted by molar-refractivity contribution is -0.126. The van der Waals surface area contributed by atoms with Crippen molar-refractivity contribution >= 4 is 17.6 Å². The second-order valence-electron chi connectivity index (χ2n) is 7.54. The van der Waals surface area contributed by atoms with Gasteiger partial charge in [0.15, 0.2) is 0 Å². The van der Waals surface area contributed by atoms with E-state index < -0.39 is 0 Å². The first kappa shape index (κ1) is 18.5. The van der Waals surface area contributed by atoms with Crippen LogP contribution in [0, 0.1) is 5.92 Å². The van der Waals surface area contributed by atoms with Gasteiger partial charge in [0.2, 0.25) is 5.91 Å². The van der Waals surface area contributed by atoms with Crippen LogP contribution in [0.5, 0.6) is 0 Å². The number of pyridine rings is 1. The summed E-state index contributed by atoms with van der Waals surface area (Å²) < 4.78 is 4.99. The van der Waals surface area contributed by atoms with Gasteiger partial charge in [0, 0.05) is 38.9 Å². The lowest BCUT2D eigenvalue weighted by Gasteiger charge is -2.31. The van der Waals surface area contributed by atoms with Gasteiger partial charge >= 0.3 is 0 Å². The summed E-state index contributed by atoms with van der Waals surface area (Å²) in [5.41, 5.74) is 1.52. The quantitative estimate of drug-likeness (QED) is 0.859. The topological polar surface area (TPSA) is 78.7 Å². The molecular weight excluding hydrogens is 356 g/mol. The molecule has 4 heterocycles. The van der Waals surface area contributed by atoms with Gasteiger partial charge in [-0.15, -0.1) is 0 Å². The number of piperidine rings is 1. The minimum atomic E-state index is -0.179. The van der Waals surface area contributed by atoms with Crippen LogP contribution in [0.15, 0.2) is 41.3 Å². The minimum Gasteiger partial charge on any atom is -0.472 e. The average molecular weight is 382 g/mol. The number of amides is 2. The maximum absolute atomic E-state index is 12.6. The van der Waals surface area contributed by atoms with Crippen LogP contribution in [0.25, 0.3) is 0 Å². The molecule has 0 radical (unpaired) electrons. The average Bonchev–Trinajstić information content (AvgIpc) is 3.46. The first-order valence-corrected chi connectivity index (χ1v) is 10.00. The summed E-state index contributed by atoms with van der Waals surface area (Å²) in [5.74, 6) is 0.746. The van der Waals surface area contributed by atoms with Crippen molar-refractivity contribution in [3.63, 3.8) is 0 Å². The van der Waals surface area contributed by atoms with Crippen LogP contribution in [-0.4, -0.2) is 47.9 Å². The Morgan fingerprint density at radius 1 is 1.14 bits per heavy atom. The molecule has 4 rings (SSSR count). The lowest BCUT2D eigenvalue weighted by Crippen LogP contribution is -2.45. The summed E-state index contributed by atoms with van der Waals surface area (Å²) in [6, 6.07) is 5.71. The van der Waals surface area contributed by atoms with Crippen LogP contribution < -0.4 is 10.2 Å². The van der Waals surface area contributed by atoms with Crippen LogP contribution in [0.3, 0.4) is 0 Å². The zero-order chi connectivity index (χ0) is 19.3. The largest absolute Gasteiger partial charge is 0.472 e. The Balaban J connectivity index is 1.29. The molecule has 28 heavy (non-hydrogen) atoms. The van der Waals surface area contributed by atoms with Crippen molar-refractivity contribution in [3.8, 4) is 0 Å². The van der Waals surface area contributed by atoms with Crippen molar-refractivity contribution in [3.05, 3.63) is 48.0 Å². The molecule has 2 fully saturated rings. The van der Waals surface area contributed by atoms with Gasteiger partial charge in [-0.1, -0.05) is 6.07 Å². The third-order valence-corrected chi connectivity index (χ3v) is 5.55. The number of aromatic nitrogens is 1. The molecule has 148 valence electrons. The molecule has 2 saturated heterocycles. The van der Waals surface area contributed by atoms with Gasteiger partial charge in [0.05, 0.1) is 17.7 Å². The fourth-order valence-corrected chi connectivity index (χ4v) is 3.93. The first-order chi connectivity index (χ1) is 13.7. The van der Waals surface area contributed by atoms with E-state index in [-0.39, 0.29) is 17.7 Å². The van der Waals surface area contributed by atoms with E-state index in [4.69, 9.17) is 4.42 Å². The zero-order valence-corrected chi connectivity index (χ0v) is 16.0. The monoisotopic (exact) mass is 382 g/mol. The minimum absolute atomic E-state index is 0.00619. The highest BCUT2D eigenvalue weighted by atomic mass is 16.3. The van der Waals surface area contributed by atoms with E-state index in [0.29, 0.717) is 25.2 Å². The number of hydrogen-bond donors (Lipinski definition) is 1. The number of nitrogens with zero attached hydrogens (tertiary/aromatic N) is 3. The first-order valence-electron chi connectivity index (χ1n) is 10.00. The SMILES string of the molecule is O=C(NCc1ccc(N2CCCC2)nc1)C1CCCN(C(=O)c2ccoc2)C1. The predicted octanol–water partition coefficient (Wildman–Crippen LogP) is 2.44. The standard InChI is InChI=1S/C21H26N4O3/c26-20(17-4-3-10-25(14-17)21(27)18-7-11-28-15-18)23-13-16-5-6-19(22-12-16)24-8-1-2-9-24/h5-7,11-12,15,17H,1-4,8-10,13-14H2,(H,23,26). The maximum atomic E-state index is 12.6. The second-order valence-corrected chi connectivity index (χ2v) is 7.54. The number of nitrogens with one attached hydrogen (secondary N) is 1. The Labute approximate surface area is 164 Å². The van der Waals surface area contributed by atoms with Gasteiger partial charge in [-0.25, -0.2) is 4.98 Å². The number of carbonyl (C=O) groups excluding carboxylic acids is 2. The number of likely N-dealkylation sites (tertiary alicyclic amines) is 1. The van der Waals surface area contributed by atoms with Gasteiger partial charge in [0.1, 0.15) is 12.1 Å². The van der Waals surface area contributed by atoms with E-state index in [1.807, 2.05) is 18.3 Å². The molecule has 0 saturated carbocycles. The van der Waals surface area contributed by atoms with E-state index in [1.165, 1.54) is 25.4 Å². The number of hydrogen-bond acceptors (Lipinski definition) is 5. The van der Waals surface area contributed by atoms with Gasteiger partial charge < -0.3 is 19.5 Å². The summed E-state index contributed by atoms with van der Waals surface area (Å²) in [6.07, 6.45) is 8.85. The molecule has 7 nitrogen and oxygen atoms in total. The van der Waals surface area contributed by atoms with Crippen molar-refractivity contribution in [1.29, 1.82) is 0 Å². The van der Waals surface area contributed by atoms with Crippen LogP contribution in [-0.2, 0) is 11.3 Å². The Morgan fingerprint density at radius 3 is 2.71 bits per heavy atom. The van der Waals surface area contributed by atoms with E-state index in [0.717, 1.165) is 37.3 Å². The molecule has 2 amide bonds. The van der Waals surface area contributed by atoms with Crippen LogP contribution in [0.4, 0.5) is 5.82 Å². The molecule has 7 heteroatoms. The van der Waals surface area contributed by atoms with Gasteiger partial charge in [-0.3, -0.25) is 9.59 Å². The summed E-state index contributed by atoms with van der Waals surface area (Å²) >= 11 is 0. The summed E-state index contributed by atoms with van der Waals surface area (Å²) in [6.45, 7) is 3.72. The highest BCUT2D eigenvalue weighted by Gasteiger charge is 2.29. The van der Waals surface area contributed by atoms with Gasteiger partial charge in [0.25, 0.3) is 5.91 Å². The Bertz CT molecular complexity index is 798. The van der Waals surface area contributed by atoms with Gasteiger partial charge in [-0.2, -0.15) is 0 Å². The third-order valence-electron chi connectivity index (χ3n) is 5.55. The number of rotatable bonds is 5. The molecule has 1 unspecified atom stereocenters. The smallest absolute Gasteiger partial charge is 0.257 e. The molecule has 2 aliphatic heterocycles. The highest BCUT2D eigenvalue weighted by Crippen LogP contribution is 2.20. The molecule has 1 N–H and O–H groups in total. The molecule has 1 atom stereocenters. The van der Waals surface area contributed by atoms with Crippen LogP contribution in [0.2, 0.25) is 0 Å². The molecule has 0 aromatic carbocycles. The lowest BCUT2D eigenvalue weighted by atomic mass is 9.96. The molecular formula is C21H26N4O3. The predicted molar refractivity (Wildman–Crippen MR) is 105 cm³/mol. The fraction of sp³-hybridized carbons (Fsp3) is 0.476.